The van der Waals surface area contributed by atoms with Gasteiger partial charge in [-0.15, -0.1) is 0 Å². The lowest BCUT2D eigenvalue weighted by molar-refractivity contribution is -0.119. The molecular weight excluding hydrogens is 364 g/mol. The van der Waals surface area contributed by atoms with E-state index in [1.807, 2.05) is 43.3 Å². The molecule has 2 aromatic rings. The molecule has 0 saturated heterocycles. The number of ether oxygens (including phenoxy) is 1. The van der Waals surface area contributed by atoms with Crippen molar-refractivity contribution in [2.24, 2.45) is 0 Å². The fraction of sp³-hybridized carbons (Fsp3) is 0.350. The first-order chi connectivity index (χ1) is 12.8. The quantitative estimate of drug-likeness (QED) is 0.668. The first-order valence-electron chi connectivity index (χ1n) is 8.74. The molecule has 0 spiro atoms. The molecule has 0 aliphatic rings. The number of methoxy groups -OCH3 is 1. The highest BCUT2D eigenvalue weighted by Crippen LogP contribution is 2.21. The summed E-state index contributed by atoms with van der Waals surface area (Å²) in [7, 11) is -1.93. The van der Waals surface area contributed by atoms with Gasteiger partial charge in [-0.05, 0) is 49.1 Å². The zero-order valence-electron chi connectivity index (χ0n) is 15.9. The van der Waals surface area contributed by atoms with E-state index in [0.717, 1.165) is 40.3 Å². The molecule has 0 atom stereocenters. The van der Waals surface area contributed by atoms with Crippen molar-refractivity contribution in [3.05, 3.63) is 59.7 Å². The highest BCUT2D eigenvalue weighted by molar-refractivity contribution is 7.92. The Balaban J connectivity index is 1.88. The van der Waals surface area contributed by atoms with Crippen molar-refractivity contribution in [1.29, 1.82) is 0 Å². The third kappa shape index (κ3) is 6.29. The van der Waals surface area contributed by atoms with Gasteiger partial charge in [-0.25, -0.2) is 8.42 Å². The van der Waals surface area contributed by atoms with Gasteiger partial charge in [-0.2, -0.15) is 0 Å². The Morgan fingerprint density at radius 3 is 2.37 bits per heavy atom. The van der Waals surface area contributed by atoms with E-state index in [9.17, 15) is 13.2 Å². The Bertz CT molecular complexity index is 864. The summed E-state index contributed by atoms with van der Waals surface area (Å²) in [6.45, 7) is 2.07. The van der Waals surface area contributed by atoms with Crippen LogP contribution < -0.4 is 14.4 Å². The van der Waals surface area contributed by atoms with Crippen LogP contribution in [0.2, 0.25) is 0 Å². The molecule has 0 radical (unpaired) electrons. The summed E-state index contributed by atoms with van der Waals surface area (Å²) in [6, 6.07) is 14.9. The zero-order valence-corrected chi connectivity index (χ0v) is 16.8. The number of anilines is 1. The van der Waals surface area contributed by atoms with Gasteiger partial charge in [-0.3, -0.25) is 9.10 Å². The van der Waals surface area contributed by atoms with Crippen LogP contribution in [-0.2, 0) is 21.2 Å². The number of nitrogens with one attached hydrogen (secondary N) is 1. The molecule has 0 saturated carbocycles. The third-order valence-corrected chi connectivity index (χ3v) is 5.32. The van der Waals surface area contributed by atoms with Crippen molar-refractivity contribution in [3.63, 3.8) is 0 Å². The minimum atomic E-state index is -3.56. The lowest BCUT2D eigenvalue weighted by Gasteiger charge is -2.23. The Labute approximate surface area is 161 Å². The van der Waals surface area contributed by atoms with Gasteiger partial charge in [0.1, 0.15) is 12.3 Å². The topological polar surface area (TPSA) is 75.7 Å². The van der Waals surface area contributed by atoms with E-state index in [4.69, 9.17) is 4.74 Å². The molecule has 146 valence electrons. The molecule has 0 fully saturated rings. The van der Waals surface area contributed by atoms with Crippen molar-refractivity contribution < 1.29 is 17.9 Å². The number of amides is 1. The van der Waals surface area contributed by atoms with Gasteiger partial charge >= 0.3 is 0 Å². The number of para-hydroxylation sites is 1. The average Bonchev–Trinajstić information content (AvgIpc) is 2.63. The Morgan fingerprint density at radius 2 is 1.78 bits per heavy atom. The van der Waals surface area contributed by atoms with Gasteiger partial charge in [0.2, 0.25) is 15.9 Å². The van der Waals surface area contributed by atoms with Crippen molar-refractivity contribution in [2.75, 3.05) is 30.8 Å². The predicted octanol–water partition coefficient (Wildman–Crippen LogP) is 2.52. The summed E-state index contributed by atoms with van der Waals surface area (Å²) in [4.78, 5) is 12.2. The van der Waals surface area contributed by atoms with Gasteiger partial charge < -0.3 is 10.1 Å². The van der Waals surface area contributed by atoms with Gasteiger partial charge in [0, 0.05) is 6.54 Å². The molecule has 0 bridgehead atoms. The first-order valence-corrected chi connectivity index (χ1v) is 10.6. The lowest BCUT2D eigenvalue weighted by atomic mass is 10.1. The van der Waals surface area contributed by atoms with Crippen molar-refractivity contribution in [2.45, 2.75) is 19.8 Å². The highest BCUT2D eigenvalue weighted by atomic mass is 32.2. The molecule has 2 rings (SSSR count). The maximum absolute atomic E-state index is 12.2. The van der Waals surface area contributed by atoms with Crippen molar-refractivity contribution in [1.82, 2.24) is 5.32 Å². The van der Waals surface area contributed by atoms with Gasteiger partial charge in [0.25, 0.3) is 0 Å². The number of carbonyl (C=O) groups is 1. The Hall–Kier alpha value is -2.54. The van der Waals surface area contributed by atoms with Gasteiger partial charge in [-0.1, -0.05) is 30.3 Å². The van der Waals surface area contributed by atoms with Crippen LogP contribution in [0.4, 0.5) is 5.69 Å². The molecule has 1 amide bonds. The summed E-state index contributed by atoms with van der Waals surface area (Å²) in [5.41, 5.74) is 2.48. The maximum Gasteiger partial charge on any atom is 0.240 e. The van der Waals surface area contributed by atoms with E-state index in [-0.39, 0.29) is 12.5 Å². The number of hydrogen-bond acceptors (Lipinski definition) is 4. The van der Waals surface area contributed by atoms with E-state index < -0.39 is 10.0 Å². The minimum absolute atomic E-state index is 0.230. The molecule has 2 aromatic carbocycles. The molecule has 0 aliphatic carbocycles. The molecule has 0 unspecified atom stereocenters. The molecule has 0 aromatic heterocycles. The third-order valence-electron chi connectivity index (χ3n) is 4.20. The number of sulfonamides is 1. The summed E-state index contributed by atoms with van der Waals surface area (Å²) in [6.07, 6.45) is 2.69. The largest absolute Gasteiger partial charge is 0.497 e. The maximum atomic E-state index is 12.2. The van der Waals surface area contributed by atoms with E-state index in [0.29, 0.717) is 12.2 Å². The van der Waals surface area contributed by atoms with E-state index in [1.54, 1.807) is 19.2 Å². The van der Waals surface area contributed by atoms with Crippen LogP contribution in [0.25, 0.3) is 0 Å². The zero-order chi connectivity index (χ0) is 19.9. The fourth-order valence-electron chi connectivity index (χ4n) is 2.72. The van der Waals surface area contributed by atoms with Crippen LogP contribution in [0.15, 0.2) is 48.5 Å². The van der Waals surface area contributed by atoms with Crippen LogP contribution in [0.5, 0.6) is 5.75 Å². The molecule has 1 N–H and O–H groups in total. The Kier molecular flexibility index (Phi) is 7.24. The van der Waals surface area contributed by atoms with Crippen LogP contribution in [0.3, 0.4) is 0 Å². The minimum Gasteiger partial charge on any atom is -0.497 e. The highest BCUT2D eigenvalue weighted by Gasteiger charge is 2.21. The van der Waals surface area contributed by atoms with Crippen LogP contribution in [0, 0.1) is 6.92 Å². The van der Waals surface area contributed by atoms with Gasteiger partial charge in [0.05, 0.1) is 19.1 Å². The van der Waals surface area contributed by atoms with Gasteiger partial charge in [0.15, 0.2) is 0 Å². The standard InChI is InChI=1S/C20H26N2O4S/c1-16-7-4-5-9-19(16)22(27(3,24)25)15-20(23)21-14-6-8-17-10-12-18(26-2)13-11-17/h4-5,7,9-13H,6,8,14-15H2,1-3H3,(H,21,23). The fourth-order valence-corrected chi connectivity index (χ4v) is 3.64. The molecular formula is C20H26N2O4S. The van der Waals surface area contributed by atoms with Crippen molar-refractivity contribution in [3.8, 4) is 5.75 Å². The Morgan fingerprint density at radius 1 is 1.11 bits per heavy atom. The number of benzene rings is 2. The predicted molar refractivity (Wildman–Crippen MR) is 108 cm³/mol. The van der Waals surface area contributed by atoms with Crippen molar-refractivity contribution >= 4 is 21.6 Å². The number of aryl methyl sites for hydroxylation is 2. The van der Waals surface area contributed by atoms with Crippen LogP contribution >= 0.6 is 0 Å². The molecule has 0 heterocycles. The number of carbonyl (C=O) groups excluding carboxylic acids is 1. The number of hydrogen-bond donors (Lipinski definition) is 1. The summed E-state index contributed by atoms with van der Waals surface area (Å²) in [5, 5.41) is 2.80. The number of nitrogens with zero attached hydrogens (tertiary/aromatic N) is 1. The summed E-state index contributed by atoms with van der Waals surface area (Å²) < 4.78 is 30.5. The van der Waals surface area contributed by atoms with E-state index >= 15 is 0 Å². The SMILES string of the molecule is COc1ccc(CCCNC(=O)CN(c2ccccc2C)S(C)(=O)=O)cc1. The molecule has 27 heavy (non-hydrogen) atoms. The second kappa shape index (κ2) is 9.41. The first kappa shape index (κ1) is 20.8. The molecule has 0 aliphatic heterocycles. The second-order valence-electron chi connectivity index (χ2n) is 6.36. The monoisotopic (exact) mass is 390 g/mol. The van der Waals surface area contributed by atoms with Crippen LogP contribution in [-0.4, -0.2) is 40.8 Å². The van der Waals surface area contributed by atoms with E-state index in [2.05, 4.69) is 5.32 Å². The molecule has 6 nitrogen and oxygen atoms in total. The average molecular weight is 391 g/mol. The normalized spacial score (nSPS) is 11.1. The summed E-state index contributed by atoms with van der Waals surface area (Å²) >= 11 is 0. The molecule has 7 heteroatoms. The summed E-state index contributed by atoms with van der Waals surface area (Å²) in [5.74, 6) is 0.488. The lowest BCUT2D eigenvalue weighted by Crippen LogP contribution is -2.41. The van der Waals surface area contributed by atoms with Crippen LogP contribution in [0.1, 0.15) is 17.5 Å². The number of rotatable bonds is 9. The smallest absolute Gasteiger partial charge is 0.240 e. The second-order valence-corrected chi connectivity index (χ2v) is 8.26. The van der Waals surface area contributed by atoms with E-state index in [1.165, 1.54) is 0 Å².